The van der Waals surface area contributed by atoms with Crippen LogP contribution in [0.2, 0.25) is 0 Å². The van der Waals surface area contributed by atoms with Crippen LogP contribution in [0.25, 0.3) is 0 Å². The second kappa shape index (κ2) is 3.75. The van der Waals surface area contributed by atoms with Crippen LogP contribution in [0.4, 0.5) is 5.82 Å². The van der Waals surface area contributed by atoms with Crippen molar-refractivity contribution in [2.45, 2.75) is 25.3 Å². The Kier molecular flexibility index (Phi) is 2.45. The van der Waals surface area contributed by atoms with Gasteiger partial charge in [-0.2, -0.15) is 0 Å². The van der Waals surface area contributed by atoms with Crippen molar-refractivity contribution in [1.82, 2.24) is 10.3 Å². The molecule has 0 spiro atoms. The van der Waals surface area contributed by atoms with Crippen LogP contribution in [0.3, 0.4) is 0 Å². The highest BCUT2D eigenvalue weighted by Crippen LogP contribution is 2.18. The highest BCUT2D eigenvalue weighted by molar-refractivity contribution is 5.31. The molecule has 70 valence electrons. The van der Waals surface area contributed by atoms with E-state index in [-0.39, 0.29) is 0 Å². The summed E-state index contributed by atoms with van der Waals surface area (Å²) in [7, 11) is 0. The van der Waals surface area contributed by atoms with Gasteiger partial charge in [0.05, 0.1) is 0 Å². The SMILES string of the molecule is Nc1cc(CCNC2CC2)ccn1. The van der Waals surface area contributed by atoms with Crippen molar-refractivity contribution in [3.8, 4) is 0 Å². The first-order valence-corrected chi connectivity index (χ1v) is 4.78. The van der Waals surface area contributed by atoms with E-state index in [4.69, 9.17) is 5.73 Å². The summed E-state index contributed by atoms with van der Waals surface area (Å²) in [6.07, 6.45) is 5.50. The van der Waals surface area contributed by atoms with Gasteiger partial charge in [-0.25, -0.2) is 4.98 Å². The molecule has 1 fully saturated rings. The standard InChI is InChI=1S/C10H15N3/c11-10-7-8(4-6-13-10)3-5-12-9-1-2-9/h4,6-7,9,12H,1-3,5H2,(H2,11,13). The average Bonchev–Trinajstić information content (AvgIpc) is 2.88. The fourth-order valence-corrected chi connectivity index (χ4v) is 1.36. The summed E-state index contributed by atoms with van der Waals surface area (Å²) in [6.45, 7) is 1.05. The van der Waals surface area contributed by atoms with E-state index in [1.807, 2.05) is 12.1 Å². The summed E-state index contributed by atoms with van der Waals surface area (Å²) >= 11 is 0. The Labute approximate surface area is 78.4 Å². The maximum Gasteiger partial charge on any atom is 0.123 e. The monoisotopic (exact) mass is 177 g/mol. The predicted molar refractivity (Wildman–Crippen MR) is 53.4 cm³/mol. The molecule has 13 heavy (non-hydrogen) atoms. The first-order chi connectivity index (χ1) is 6.34. The molecule has 0 aliphatic heterocycles. The number of anilines is 1. The third-order valence-electron chi connectivity index (χ3n) is 2.27. The molecule has 0 saturated heterocycles. The number of nitrogens with zero attached hydrogens (tertiary/aromatic N) is 1. The fraction of sp³-hybridized carbons (Fsp3) is 0.500. The molecule has 1 heterocycles. The van der Waals surface area contributed by atoms with E-state index in [1.54, 1.807) is 6.20 Å². The van der Waals surface area contributed by atoms with Crippen LogP contribution >= 0.6 is 0 Å². The molecule has 0 aromatic carbocycles. The van der Waals surface area contributed by atoms with Crippen molar-refractivity contribution in [1.29, 1.82) is 0 Å². The third kappa shape index (κ3) is 2.70. The summed E-state index contributed by atoms with van der Waals surface area (Å²) in [5.41, 5.74) is 6.84. The van der Waals surface area contributed by atoms with Gasteiger partial charge in [0.25, 0.3) is 0 Å². The van der Waals surface area contributed by atoms with Crippen LogP contribution in [0.15, 0.2) is 18.3 Å². The normalized spacial score (nSPS) is 16.0. The highest BCUT2D eigenvalue weighted by atomic mass is 14.9. The molecule has 0 amide bonds. The highest BCUT2D eigenvalue weighted by Gasteiger charge is 2.19. The average molecular weight is 177 g/mol. The Hall–Kier alpha value is -1.09. The van der Waals surface area contributed by atoms with Gasteiger partial charge in [-0.1, -0.05) is 0 Å². The molecule has 3 N–H and O–H groups in total. The lowest BCUT2D eigenvalue weighted by atomic mass is 10.2. The minimum atomic E-state index is 0.615. The van der Waals surface area contributed by atoms with Gasteiger partial charge in [-0.15, -0.1) is 0 Å². The molecule has 0 atom stereocenters. The first kappa shape index (κ1) is 8.51. The molecule has 2 rings (SSSR count). The number of nitrogen functional groups attached to an aromatic ring is 1. The smallest absolute Gasteiger partial charge is 0.123 e. The molecular weight excluding hydrogens is 162 g/mol. The summed E-state index contributed by atoms with van der Waals surface area (Å²) in [5, 5.41) is 3.46. The van der Waals surface area contributed by atoms with Crippen LogP contribution < -0.4 is 11.1 Å². The molecule has 0 unspecified atom stereocenters. The van der Waals surface area contributed by atoms with Crippen molar-refractivity contribution < 1.29 is 0 Å². The van der Waals surface area contributed by atoms with E-state index in [2.05, 4.69) is 10.3 Å². The maximum atomic E-state index is 5.57. The molecule has 0 bridgehead atoms. The lowest BCUT2D eigenvalue weighted by Gasteiger charge is -2.02. The van der Waals surface area contributed by atoms with Gasteiger partial charge in [0.2, 0.25) is 0 Å². The van der Waals surface area contributed by atoms with Gasteiger partial charge in [-0.3, -0.25) is 0 Å². The fourth-order valence-electron chi connectivity index (χ4n) is 1.36. The largest absolute Gasteiger partial charge is 0.384 e. The molecular formula is C10H15N3. The van der Waals surface area contributed by atoms with Crippen molar-refractivity contribution in [3.63, 3.8) is 0 Å². The van der Waals surface area contributed by atoms with Crippen molar-refractivity contribution in [3.05, 3.63) is 23.9 Å². The third-order valence-corrected chi connectivity index (χ3v) is 2.27. The van der Waals surface area contributed by atoms with Crippen LogP contribution in [0.1, 0.15) is 18.4 Å². The summed E-state index contributed by atoms with van der Waals surface area (Å²) in [6, 6.07) is 4.75. The van der Waals surface area contributed by atoms with Crippen molar-refractivity contribution >= 4 is 5.82 Å². The zero-order valence-corrected chi connectivity index (χ0v) is 7.66. The van der Waals surface area contributed by atoms with Crippen LogP contribution in [0.5, 0.6) is 0 Å². The molecule has 1 saturated carbocycles. The van der Waals surface area contributed by atoms with Crippen LogP contribution in [0, 0.1) is 0 Å². The number of rotatable bonds is 4. The second-order valence-corrected chi connectivity index (χ2v) is 3.57. The summed E-state index contributed by atoms with van der Waals surface area (Å²) < 4.78 is 0. The molecule has 1 aliphatic carbocycles. The van der Waals surface area contributed by atoms with E-state index >= 15 is 0 Å². The van der Waals surface area contributed by atoms with Gasteiger partial charge in [-0.05, 0) is 43.5 Å². The lowest BCUT2D eigenvalue weighted by Crippen LogP contribution is -2.19. The predicted octanol–water partition coefficient (Wildman–Crippen LogP) is 0.958. The van der Waals surface area contributed by atoms with Gasteiger partial charge in [0, 0.05) is 12.2 Å². The van der Waals surface area contributed by atoms with Gasteiger partial charge < -0.3 is 11.1 Å². The number of hydrogen-bond acceptors (Lipinski definition) is 3. The zero-order chi connectivity index (χ0) is 9.10. The van der Waals surface area contributed by atoms with E-state index in [0.717, 1.165) is 19.0 Å². The van der Waals surface area contributed by atoms with E-state index in [1.165, 1.54) is 18.4 Å². The minimum Gasteiger partial charge on any atom is -0.384 e. The van der Waals surface area contributed by atoms with Gasteiger partial charge >= 0.3 is 0 Å². The van der Waals surface area contributed by atoms with Gasteiger partial charge in [0.1, 0.15) is 5.82 Å². The Morgan fingerprint density at radius 3 is 3.08 bits per heavy atom. The molecule has 1 aromatic rings. The van der Waals surface area contributed by atoms with E-state index in [9.17, 15) is 0 Å². The maximum absolute atomic E-state index is 5.57. The summed E-state index contributed by atoms with van der Waals surface area (Å²) in [4.78, 5) is 3.95. The van der Waals surface area contributed by atoms with Crippen LogP contribution in [-0.2, 0) is 6.42 Å². The van der Waals surface area contributed by atoms with Gasteiger partial charge in [0.15, 0.2) is 0 Å². The Morgan fingerprint density at radius 1 is 1.54 bits per heavy atom. The quantitative estimate of drug-likeness (QED) is 0.720. The topological polar surface area (TPSA) is 50.9 Å². The van der Waals surface area contributed by atoms with E-state index in [0.29, 0.717) is 5.82 Å². The number of nitrogens with two attached hydrogens (primary N) is 1. The van der Waals surface area contributed by atoms with Crippen molar-refractivity contribution in [2.24, 2.45) is 0 Å². The number of hydrogen-bond donors (Lipinski definition) is 2. The zero-order valence-electron chi connectivity index (χ0n) is 7.66. The Bertz CT molecular complexity index is 281. The second-order valence-electron chi connectivity index (χ2n) is 3.57. The Morgan fingerprint density at radius 2 is 2.38 bits per heavy atom. The van der Waals surface area contributed by atoms with Crippen molar-refractivity contribution in [2.75, 3.05) is 12.3 Å². The molecule has 3 heteroatoms. The first-order valence-electron chi connectivity index (χ1n) is 4.78. The molecule has 1 aromatic heterocycles. The Balaban J connectivity index is 1.79. The molecule has 0 radical (unpaired) electrons. The lowest BCUT2D eigenvalue weighted by molar-refractivity contribution is 0.682. The van der Waals surface area contributed by atoms with Crippen LogP contribution in [-0.4, -0.2) is 17.6 Å². The number of pyridine rings is 1. The minimum absolute atomic E-state index is 0.615. The number of aromatic nitrogens is 1. The van der Waals surface area contributed by atoms with E-state index < -0.39 is 0 Å². The number of nitrogens with one attached hydrogen (secondary N) is 1. The molecule has 3 nitrogen and oxygen atoms in total. The molecule has 1 aliphatic rings. The summed E-state index contributed by atoms with van der Waals surface area (Å²) in [5.74, 6) is 0.615.